The van der Waals surface area contributed by atoms with Crippen LogP contribution in [0.2, 0.25) is 0 Å². The van der Waals surface area contributed by atoms with Crippen molar-refractivity contribution in [1.82, 2.24) is 10.3 Å². The molecule has 0 radical (unpaired) electrons. The second kappa shape index (κ2) is 9.26. The van der Waals surface area contributed by atoms with Crippen molar-refractivity contribution in [3.63, 3.8) is 0 Å². The first kappa shape index (κ1) is 22.1. The third kappa shape index (κ3) is 4.41. The lowest BCUT2D eigenvalue weighted by Gasteiger charge is -2.15. The zero-order chi connectivity index (χ0) is 24.4. The van der Waals surface area contributed by atoms with E-state index in [1.165, 1.54) is 6.07 Å². The summed E-state index contributed by atoms with van der Waals surface area (Å²) in [4.78, 5) is 40.3. The molecule has 1 heterocycles. The molecule has 0 spiro atoms. The molecule has 3 N–H and O–H groups in total. The molecule has 3 aromatic carbocycles. The quantitative estimate of drug-likeness (QED) is 0.387. The molecule has 2 amide bonds. The van der Waals surface area contributed by atoms with Gasteiger partial charge in [0.1, 0.15) is 18.8 Å². The average molecular weight is 467 g/mol. The van der Waals surface area contributed by atoms with Crippen LogP contribution in [0.15, 0.2) is 78.9 Å². The first-order chi connectivity index (χ1) is 17.0. The van der Waals surface area contributed by atoms with E-state index in [4.69, 9.17) is 9.84 Å². The summed E-state index contributed by atoms with van der Waals surface area (Å²) in [6, 6.07) is 24.5. The summed E-state index contributed by atoms with van der Waals surface area (Å²) < 4.78 is 5.62. The number of para-hydroxylation sites is 1. The number of hydrogen-bond donors (Lipinski definition) is 3. The van der Waals surface area contributed by atoms with Crippen LogP contribution < -0.4 is 10.6 Å². The number of carbonyl (C=O) groups is 3. The van der Waals surface area contributed by atoms with Crippen molar-refractivity contribution in [1.29, 1.82) is 0 Å². The van der Waals surface area contributed by atoms with Crippen molar-refractivity contribution in [3.05, 3.63) is 95.7 Å². The van der Waals surface area contributed by atoms with Gasteiger partial charge < -0.3 is 15.2 Å². The molecule has 0 bridgehead atoms. The van der Waals surface area contributed by atoms with Gasteiger partial charge in [0.2, 0.25) is 0 Å². The highest BCUT2D eigenvalue weighted by atomic mass is 16.5. The fraction of sp³-hybridized carbons (Fsp3) is 0.111. The maximum absolute atomic E-state index is 12.8. The van der Waals surface area contributed by atoms with Crippen molar-refractivity contribution >= 4 is 34.6 Å². The number of benzene rings is 3. The Bertz CT molecular complexity index is 1420. The van der Waals surface area contributed by atoms with E-state index in [0.717, 1.165) is 22.3 Å². The molecule has 0 saturated heterocycles. The van der Waals surface area contributed by atoms with Crippen LogP contribution >= 0.6 is 0 Å². The molecule has 35 heavy (non-hydrogen) atoms. The fourth-order valence-corrected chi connectivity index (χ4v) is 4.39. The lowest BCUT2D eigenvalue weighted by atomic mass is 9.98. The van der Waals surface area contributed by atoms with Gasteiger partial charge in [0.15, 0.2) is 0 Å². The van der Waals surface area contributed by atoms with E-state index < -0.39 is 24.5 Å². The fourth-order valence-electron chi connectivity index (χ4n) is 4.39. The summed E-state index contributed by atoms with van der Waals surface area (Å²) in [6.07, 6.45) is -0.667. The molecular weight excluding hydrogens is 446 g/mol. The molecule has 1 aliphatic rings. The minimum absolute atomic E-state index is 0.0149. The molecule has 1 aromatic heterocycles. The van der Waals surface area contributed by atoms with E-state index in [9.17, 15) is 14.4 Å². The van der Waals surface area contributed by atoms with Gasteiger partial charge in [-0.2, -0.15) is 0 Å². The SMILES string of the molecule is O=C(O)CNC(=O)c1cc(NC(=O)OCC2c3ccccc3-c3ccccc32)c2ccccc2n1. The molecule has 8 heteroatoms. The lowest BCUT2D eigenvalue weighted by Crippen LogP contribution is -2.30. The molecule has 0 atom stereocenters. The van der Waals surface area contributed by atoms with E-state index in [1.54, 1.807) is 24.3 Å². The van der Waals surface area contributed by atoms with Gasteiger partial charge in [0, 0.05) is 11.3 Å². The van der Waals surface area contributed by atoms with Gasteiger partial charge in [-0.15, -0.1) is 0 Å². The van der Waals surface area contributed by atoms with Gasteiger partial charge in [-0.3, -0.25) is 14.9 Å². The van der Waals surface area contributed by atoms with Gasteiger partial charge in [-0.05, 0) is 34.4 Å². The molecule has 0 fully saturated rings. The molecule has 4 aromatic rings. The Hall–Kier alpha value is -4.72. The third-order valence-electron chi connectivity index (χ3n) is 5.93. The largest absolute Gasteiger partial charge is 0.480 e. The van der Waals surface area contributed by atoms with E-state index in [-0.39, 0.29) is 18.2 Å². The maximum atomic E-state index is 12.8. The van der Waals surface area contributed by atoms with Gasteiger partial charge >= 0.3 is 12.1 Å². The number of carboxylic acids is 1. The molecule has 8 nitrogen and oxygen atoms in total. The van der Waals surface area contributed by atoms with E-state index >= 15 is 0 Å². The minimum Gasteiger partial charge on any atom is -0.480 e. The zero-order valence-electron chi connectivity index (χ0n) is 18.5. The molecule has 5 rings (SSSR count). The number of carbonyl (C=O) groups excluding carboxylic acids is 2. The standard InChI is InChI=1S/C27H21N3O5/c31-25(32)14-28-26(33)24-13-23(20-11-5-6-12-22(20)29-24)30-27(34)35-15-21-18-9-3-1-7-16(18)17-8-2-4-10-19(17)21/h1-13,21H,14-15H2,(H,28,33)(H,31,32)(H,29,30,34). The highest BCUT2D eigenvalue weighted by Crippen LogP contribution is 2.44. The third-order valence-corrected chi connectivity index (χ3v) is 5.93. The number of nitrogens with one attached hydrogen (secondary N) is 2. The number of ether oxygens (including phenoxy) is 1. The van der Waals surface area contributed by atoms with Crippen LogP contribution in [0.3, 0.4) is 0 Å². The second-order valence-electron chi connectivity index (χ2n) is 8.10. The van der Waals surface area contributed by atoms with Crippen molar-refractivity contribution in [2.24, 2.45) is 0 Å². The summed E-state index contributed by atoms with van der Waals surface area (Å²) in [7, 11) is 0. The Balaban J connectivity index is 1.36. The zero-order valence-corrected chi connectivity index (χ0v) is 18.5. The van der Waals surface area contributed by atoms with Gasteiger partial charge in [0.25, 0.3) is 5.91 Å². The number of anilines is 1. The first-order valence-electron chi connectivity index (χ1n) is 11.0. The Kier molecular flexibility index (Phi) is 5.85. The molecule has 0 unspecified atom stereocenters. The van der Waals surface area contributed by atoms with Crippen LogP contribution in [-0.2, 0) is 9.53 Å². The second-order valence-corrected chi connectivity index (χ2v) is 8.10. The number of carboxylic acid groups (broad SMARTS) is 1. The van der Waals surface area contributed by atoms with Crippen molar-refractivity contribution in [2.45, 2.75) is 5.92 Å². The predicted molar refractivity (Wildman–Crippen MR) is 130 cm³/mol. The van der Waals surface area contributed by atoms with Crippen molar-refractivity contribution < 1.29 is 24.2 Å². The Morgan fingerprint density at radius 3 is 2.20 bits per heavy atom. The van der Waals surface area contributed by atoms with Gasteiger partial charge in [0.05, 0.1) is 11.2 Å². The van der Waals surface area contributed by atoms with Crippen LogP contribution in [-0.4, -0.2) is 41.2 Å². The highest BCUT2D eigenvalue weighted by molar-refractivity contribution is 6.03. The summed E-state index contributed by atoms with van der Waals surface area (Å²) in [5.74, 6) is -1.91. The Morgan fingerprint density at radius 2 is 1.51 bits per heavy atom. The van der Waals surface area contributed by atoms with Crippen molar-refractivity contribution in [3.8, 4) is 11.1 Å². The topological polar surface area (TPSA) is 118 Å². The number of rotatable bonds is 6. The van der Waals surface area contributed by atoms with Crippen LogP contribution in [0, 0.1) is 0 Å². The van der Waals surface area contributed by atoms with E-state index in [1.807, 2.05) is 36.4 Å². The van der Waals surface area contributed by atoms with Crippen LogP contribution in [0.5, 0.6) is 0 Å². The van der Waals surface area contributed by atoms with Gasteiger partial charge in [-0.1, -0.05) is 66.7 Å². The maximum Gasteiger partial charge on any atom is 0.411 e. The smallest absolute Gasteiger partial charge is 0.411 e. The van der Waals surface area contributed by atoms with E-state index in [0.29, 0.717) is 16.6 Å². The number of aromatic nitrogens is 1. The number of nitrogens with zero attached hydrogens (tertiary/aromatic N) is 1. The number of amides is 2. The highest BCUT2D eigenvalue weighted by Gasteiger charge is 2.29. The van der Waals surface area contributed by atoms with E-state index in [2.05, 4.69) is 27.8 Å². The number of fused-ring (bicyclic) bond motifs is 4. The minimum atomic E-state index is -1.17. The summed E-state index contributed by atoms with van der Waals surface area (Å²) >= 11 is 0. The summed E-state index contributed by atoms with van der Waals surface area (Å²) in [6.45, 7) is -0.392. The van der Waals surface area contributed by atoms with Crippen LogP contribution in [0.4, 0.5) is 10.5 Å². The summed E-state index contributed by atoms with van der Waals surface area (Å²) in [5, 5.41) is 14.4. The Morgan fingerprint density at radius 1 is 0.886 bits per heavy atom. The van der Waals surface area contributed by atoms with Crippen LogP contribution in [0.1, 0.15) is 27.5 Å². The molecular formula is C27H21N3O5. The number of hydrogen-bond acceptors (Lipinski definition) is 5. The Labute approximate surface area is 200 Å². The molecule has 0 saturated carbocycles. The van der Waals surface area contributed by atoms with Crippen LogP contribution in [0.25, 0.3) is 22.0 Å². The number of pyridine rings is 1. The van der Waals surface area contributed by atoms with Gasteiger partial charge in [-0.25, -0.2) is 9.78 Å². The monoisotopic (exact) mass is 467 g/mol. The lowest BCUT2D eigenvalue weighted by molar-refractivity contribution is -0.135. The molecule has 0 aliphatic heterocycles. The average Bonchev–Trinajstić information content (AvgIpc) is 3.19. The normalized spacial score (nSPS) is 12.0. The molecule has 1 aliphatic carbocycles. The first-order valence-corrected chi connectivity index (χ1v) is 11.0. The summed E-state index contributed by atoms with van der Waals surface area (Å²) in [5.41, 5.74) is 5.28. The predicted octanol–water partition coefficient (Wildman–Crippen LogP) is 4.41. The molecule has 174 valence electrons. The van der Waals surface area contributed by atoms with Crippen molar-refractivity contribution in [2.75, 3.05) is 18.5 Å². The number of aliphatic carboxylic acids is 1.